The number of guanidine groups is 1. The molecule has 1 aromatic carbocycles. The van der Waals surface area contributed by atoms with Crippen LogP contribution >= 0.6 is 24.0 Å². The number of amides is 1. The maximum Gasteiger partial charge on any atom is 0.224 e. The van der Waals surface area contributed by atoms with E-state index in [1.165, 1.54) is 0 Å². The first-order valence-corrected chi connectivity index (χ1v) is 9.92. The number of benzene rings is 1. The summed E-state index contributed by atoms with van der Waals surface area (Å²) < 4.78 is 5.38. The van der Waals surface area contributed by atoms with Gasteiger partial charge in [-0.15, -0.1) is 24.0 Å². The molecule has 0 atom stereocenters. The minimum Gasteiger partial charge on any atom is -0.379 e. The van der Waals surface area contributed by atoms with Gasteiger partial charge in [0.25, 0.3) is 0 Å². The van der Waals surface area contributed by atoms with Gasteiger partial charge in [-0.1, -0.05) is 19.1 Å². The van der Waals surface area contributed by atoms with E-state index in [0.29, 0.717) is 13.0 Å². The van der Waals surface area contributed by atoms with Crippen molar-refractivity contribution in [2.45, 2.75) is 33.2 Å². The van der Waals surface area contributed by atoms with Crippen molar-refractivity contribution in [3.05, 3.63) is 29.8 Å². The first-order chi connectivity index (χ1) is 13.2. The highest BCUT2D eigenvalue weighted by Gasteiger charge is 2.09. The lowest BCUT2D eigenvalue weighted by Crippen LogP contribution is -2.44. The van der Waals surface area contributed by atoms with E-state index < -0.39 is 0 Å². The molecule has 7 nitrogen and oxygen atoms in total. The molecule has 1 fully saturated rings. The minimum absolute atomic E-state index is 0. The van der Waals surface area contributed by atoms with E-state index in [0.717, 1.165) is 69.6 Å². The lowest BCUT2D eigenvalue weighted by atomic mass is 10.2. The summed E-state index contributed by atoms with van der Waals surface area (Å²) in [4.78, 5) is 18.8. The van der Waals surface area contributed by atoms with Crippen LogP contribution in [0.25, 0.3) is 0 Å². The minimum atomic E-state index is 0. The molecule has 1 amide bonds. The van der Waals surface area contributed by atoms with Crippen LogP contribution in [0.1, 0.15) is 32.3 Å². The molecule has 0 spiro atoms. The predicted molar refractivity (Wildman–Crippen MR) is 125 cm³/mol. The van der Waals surface area contributed by atoms with Gasteiger partial charge in [0.2, 0.25) is 5.91 Å². The zero-order chi connectivity index (χ0) is 19.3. The standard InChI is InChI=1S/C20H33N5O2.HI/c1-3-6-19(26)24-18-8-5-7-17(15-18)16-23-20(21-4-2)22-9-10-25-11-13-27-14-12-25;/h5,7-8,15H,3-4,6,9-14,16H2,1-2H3,(H,24,26)(H2,21,22,23);1H. The lowest BCUT2D eigenvalue weighted by molar-refractivity contribution is -0.116. The smallest absolute Gasteiger partial charge is 0.224 e. The highest BCUT2D eigenvalue weighted by atomic mass is 127. The van der Waals surface area contributed by atoms with Gasteiger partial charge in [0.15, 0.2) is 5.96 Å². The Kier molecular flexibility index (Phi) is 12.8. The topological polar surface area (TPSA) is 78.0 Å². The van der Waals surface area contributed by atoms with Gasteiger partial charge in [-0.25, -0.2) is 4.99 Å². The van der Waals surface area contributed by atoms with Crippen molar-refractivity contribution in [1.29, 1.82) is 0 Å². The maximum absolute atomic E-state index is 11.8. The third kappa shape index (κ3) is 9.70. The summed E-state index contributed by atoms with van der Waals surface area (Å²) in [6.45, 7) is 10.9. The first-order valence-electron chi connectivity index (χ1n) is 9.92. The molecule has 1 aliphatic rings. The van der Waals surface area contributed by atoms with Gasteiger partial charge in [0.1, 0.15) is 0 Å². The van der Waals surface area contributed by atoms with E-state index in [1.807, 2.05) is 31.2 Å². The van der Waals surface area contributed by atoms with Gasteiger partial charge in [-0.2, -0.15) is 0 Å². The first kappa shape index (κ1) is 24.6. The second-order valence-corrected chi connectivity index (χ2v) is 6.57. The average Bonchev–Trinajstić information content (AvgIpc) is 2.67. The zero-order valence-electron chi connectivity index (χ0n) is 17.0. The number of hydrogen-bond donors (Lipinski definition) is 3. The molecule has 0 aromatic heterocycles. The van der Waals surface area contributed by atoms with Crippen LogP contribution in [0.15, 0.2) is 29.3 Å². The second-order valence-electron chi connectivity index (χ2n) is 6.57. The number of anilines is 1. The number of nitrogens with one attached hydrogen (secondary N) is 3. The molecule has 3 N–H and O–H groups in total. The second kappa shape index (κ2) is 14.6. The summed E-state index contributed by atoms with van der Waals surface area (Å²) in [5.41, 5.74) is 1.89. The van der Waals surface area contributed by atoms with Gasteiger partial charge < -0.3 is 20.7 Å². The zero-order valence-corrected chi connectivity index (χ0v) is 19.3. The monoisotopic (exact) mass is 503 g/mol. The molecule has 2 rings (SSSR count). The quantitative estimate of drug-likeness (QED) is 0.274. The number of carbonyl (C=O) groups excluding carboxylic acids is 1. The Balaban J connectivity index is 0.00000392. The average molecular weight is 503 g/mol. The van der Waals surface area contributed by atoms with Crippen LogP contribution in [-0.4, -0.2) is 62.7 Å². The fourth-order valence-electron chi connectivity index (χ4n) is 2.87. The summed E-state index contributed by atoms with van der Waals surface area (Å²) in [7, 11) is 0. The van der Waals surface area contributed by atoms with Crippen molar-refractivity contribution in [2.75, 3.05) is 51.3 Å². The molecule has 0 bridgehead atoms. The number of nitrogens with zero attached hydrogens (tertiary/aromatic N) is 2. The molecule has 158 valence electrons. The highest BCUT2D eigenvalue weighted by molar-refractivity contribution is 14.0. The number of hydrogen-bond acceptors (Lipinski definition) is 4. The van der Waals surface area contributed by atoms with Gasteiger partial charge in [0, 0.05) is 44.8 Å². The van der Waals surface area contributed by atoms with Crippen LogP contribution in [0.5, 0.6) is 0 Å². The van der Waals surface area contributed by atoms with Crippen molar-refractivity contribution < 1.29 is 9.53 Å². The molecule has 1 saturated heterocycles. The van der Waals surface area contributed by atoms with Crippen molar-refractivity contribution in [3.63, 3.8) is 0 Å². The molecule has 0 unspecified atom stereocenters. The predicted octanol–water partition coefficient (Wildman–Crippen LogP) is 2.43. The Bertz CT molecular complexity index is 606. The molecule has 0 radical (unpaired) electrons. The fourth-order valence-corrected chi connectivity index (χ4v) is 2.87. The molecule has 0 aliphatic carbocycles. The number of morpholine rings is 1. The fraction of sp³-hybridized carbons (Fsp3) is 0.600. The van der Waals surface area contributed by atoms with E-state index in [9.17, 15) is 4.79 Å². The Morgan fingerprint density at radius 1 is 1.21 bits per heavy atom. The van der Waals surface area contributed by atoms with E-state index in [-0.39, 0.29) is 29.9 Å². The Labute approximate surface area is 185 Å². The molecular weight excluding hydrogens is 469 g/mol. The van der Waals surface area contributed by atoms with Crippen molar-refractivity contribution in [2.24, 2.45) is 4.99 Å². The SMILES string of the molecule is CCCC(=O)Nc1cccc(CN=C(NCC)NCCN2CCOCC2)c1.I. The number of halogens is 1. The van der Waals surface area contributed by atoms with Gasteiger partial charge in [-0.3, -0.25) is 9.69 Å². The molecule has 1 aliphatic heterocycles. The van der Waals surface area contributed by atoms with Crippen LogP contribution in [0.2, 0.25) is 0 Å². The van der Waals surface area contributed by atoms with E-state index in [1.54, 1.807) is 0 Å². The summed E-state index contributed by atoms with van der Waals surface area (Å²) in [5, 5.41) is 9.60. The normalized spacial score (nSPS) is 14.9. The van der Waals surface area contributed by atoms with E-state index in [2.05, 4.69) is 32.8 Å². The summed E-state index contributed by atoms with van der Waals surface area (Å²) in [6, 6.07) is 7.86. The summed E-state index contributed by atoms with van der Waals surface area (Å²) in [6.07, 6.45) is 1.39. The molecule has 28 heavy (non-hydrogen) atoms. The number of aliphatic imine (C=N–C) groups is 1. The van der Waals surface area contributed by atoms with Crippen LogP contribution in [-0.2, 0) is 16.1 Å². The Morgan fingerprint density at radius 2 is 2.00 bits per heavy atom. The van der Waals surface area contributed by atoms with E-state index >= 15 is 0 Å². The number of ether oxygens (including phenoxy) is 1. The molecule has 1 heterocycles. The molecular formula is C20H34IN5O2. The van der Waals surface area contributed by atoms with E-state index in [4.69, 9.17) is 4.74 Å². The summed E-state index contributed by atoms with van der Waals surface area (Å²) >= 11 is 0. The van der Waals surface area contributed by atoms with Crippen molar-refractivity contribution in [3.8, 4) is 0 Å². The molecule has 1 aromatic rings. The van der Waals surface area contributed by atoms with Crippen LogP contribution in [0, 0.1) is 0 Å². The third-order valence-corrected chi connectivity index (χ3v) is 4.28. The Hall–Kier alpha value is -1.39. The van der Waals surface area contributed by atoms with Crippen molar-refractivity contribution >= 4 is 41.5 Å². The number of rotatable bonds is 9. The third-order valence-electron chi connectivity index (χ3n) is 4.28. The lowest BCUT2D eigenvalue weighted by Gasteiger charge is -2.26. The van der Waals surface area contributed by atoms with Crippen LogP contribution in [0.3, 0.4) is 0 Å². The summed E-state index contributed by atoms with van der Waals surface area (Å²) in [5.74, 6) is 0.863. The largest absolute Gasteiger partial charge is 0.379 e. The molecule has 0 saturated carbocycles. The van der Waals surface area contributed by atoms with Crippen molar-refractivity contribution in [1.82, 2.24) is 15.5 Å². The highest BCUT2D eigenvalue weighted by Crippen LogP contribution is 2.12. The van der Waals surface area contributed by atoms with Crippen LogP contribution < -0.4 is 16.0 Å². The molecule has 8 heteroatoms. The Morgan fingerprint density at radius 3 is 2.71 bits per heavy atom. The maximum atomic E-state index is 11.8. The number of carbonyl (C=O) groups is 1. The van der Waals surface area contributed by atoms with Gasteiger partial charge in [-0.05, 0) is 31.0 Å². The van der Waals surface area contributed by atoms with Gasteiger partial charge in [0.05, 0.1) is 19.8 Å². The van der Waals surface area contributed by atoms with Crippen LogP contribution in [0.4, 0.5) is 5.69 Å². The van der Waals surface area contributed by atoms with Gasteiger partial charge >= 0.3 is 0 Å².